The molecule has 1 heterocycles. The van der Waals surface area contributed by atoms with Gasteiger partial charge in [-0.15, -0.1) is 0 Å². The Bertz CT molecular complexity index is 394. The number of rotatable bonds is 3. The molecule has 0 unspecified atom stereocenters. The number of benzene rings is 1. The highest BCUT2D eigenvalue weighted by atomic mass is 16.5. The Morgan fingerprint density at radius 3 is 2.39 bits per heavy atom. The van der Waals surface area contributed by atoms with Crippen molar-refractivity contribution >= 4 is 5.91 Å². The number of carbonyl (C=O) groups excluding carboxylic acids is 1. The average Bonchev–Trinajstić information content (AvgIpc) is 2.39. The molecule has 98 valence electrons. The van der Waals surface area contributed by atoms with Crippen LogP contribution in [-0.2, 0) is 4.74 Å². The van der Waals surface area contributed by atoms with Crippen LogP contribution in [0.4, 0.5) is 0 Å². The molecule has 4 heteroatoms. The second-order valence-corrected chi connectivity index (χ2v) is 4.60. The van der Waals surface area contributed by atoms with Gasteiger partial charge < -0.3 is 14.4 Å². The van der Waals surface area contributed by atoms with Gasteiger partial charge in [-0.2, -0.15) is 0 Å². The molecular formula is C14H19NO3. The van der Waals surface area contributed by atoms with Crippen LogP contribution in [0, 0.1) is 0 Å². The molecule has 4 nitrogen and oxygen atoms in total. The fourth-order valence-electron chi connectivity index (χ4n) is 1.90. The summed E-state index contributed by atoms with van der Waals surface area (Å²) in [6, 6.07) is 7.31. The van der Waals surface area contributed by atoms with Crippen LogP contribution in [0.25, 0.3) is 0 Å². The van der Waals surface area contributed by atoms with Crippen molar-refractivity contribution in [3.05, 3.63) is 29.8 Å². The molecule has 0 atom stereocenters. The van der Waals surface area contributed by atoms with Gasteiger partial charge in [-0.25, -0.2) is 0 Å². The summed E-state index contributed by atoms with van der Waals surface area (Å²) in [5.41, 5.74) is 0.702. The number of hydrogen-bond acceptors (Lipinski definition) is 3. The van der Waals surface area contributed by atoms with E-state index in [4.69, 9.17) is 9.47 Å². The molecule has 0 bridgehead atoms. The molecule has 18 heavy (non-hydrogen) atoms. The smallest absolute Gasteiger partial charge is 0.254 e. The maximum absolute atomic E-state index is 12.2. The van der Waals surface area contributed by atoms with Crippen LogP contribution >= 0.6 is 0 Å². The lowest BCUT2D eigenvalue weighted by Gasteiger charge is -2.26. The van der Waals surface area contributed by atoms with E-state index in [1.54, 1.807) is 0 Å². The molecule has 1 aliphatic rings. The molecule has 0 spiro atoms. The molecular weight excluding hydrogens is 230 g/mol. The lowest BCUT2D eigenvalue weighted by Crippen LogP contribution is -2.40. The highest BCUT2D eigenvalue weighted by Crippen LogP contribution is 2.15. The third-order valence-electron chi connectivity index (χ3n) is 2.77. The number of morpholine rings is 1. The minimum absolute atomic E-state index is 0.0643. The van der Waals surface area contributed by atoms with Crippen LogP contribution in [0.5, 0.6) is 5.75 Å². The summed E-state index contributed by atoms with van der Waals surface area (Å²) < 4.78 is 10.8. The molecule has 0 aromatic heterocycles. The number of ether oxygens (including phenoxy) is 2. The minimum Gasteiger partial charge on any atom is -0.491 e. The normalized spacial score (nSPS) is 15.8. The predicted molar refractivity (Wildman–Crippen MR) is 68.9 cm³/mol. The standard InChI is InChI=1S/C14H19NO3/c1-11(2)18-13-5-3-12(4-6-13)14(16)15-7-9-17-10-8-15/h3-6,11H,7-10H2,1-2H3. The van der Waals surface area contributed by atoms with Crippen LogP contribution in [0.3, 0.4) is 0 Å². The molecule has 0 N–H and O–H groups in total. The summed E-state index contributed by atoms with van der Waals surface area (Å²) >= 11 is 0. The van der Waals surface area contributed by atoms with E-state index < -0.39 is 0 Å². The molecule has 1 aliphatic heterocycles. The van der Waals surface area contributed by atoms with E-state index in [0.29, 0.717) is 31.9 Å². The van der Waals surface area contributed by atoms with Crippen LogP contribution in [-0.4, -0.2) is 43.2 Å². The zero-order chi connectivity index (χ0) is 13.0. The topological polar surface area (TPSA) is 38.8 Å². The zero-order valence-corrected chi connectivity index (χ0v) is 10.9. The highest BCUT2D eigenvalue weighted by Gasteiger charge is 2.18. The van der Waals surface area contributed by atoms with Crippen molar-refractivity contribution in [1.82, 2.24) is 4.90 Å². The fraction of sp³-hybridized carbons (Fsp3) is 0.500. The Morgan fingerprint density at radius 1 is 1.22 bits per heavy atom. The second-order valence-electron chi connectivity index (χ2n) is 4.60. The summed E-state index contributed by atoms with van der Waals surface area (Å²) in [7, 11) is 0. The largest absolute Gasteiger partial charge is 0.491 e. The van der Waals surface area contributed by atoms with Gasteiger partial charge in [-0.05, 0) is 38.1 Å². The fourth-order valence-corrected chi connectivity index (χ4v) is 1.90. The quantitative estimate of drug-likeness (QED) is 0.822. The summed E-state index contributed by atoms with van der Waals surface area (Å²) in [6.45, 7) is 6.55. The average molecular weight is 249 g/mol. The first-order chi connectivity index (χ1) is 8.66. The van der Waals surface area contributed by atoms with Crippen molar-refractivity contribution < 1.29 is 14.3 Å². The van der Waals surface area contributed by atoms with E-state index >= 15 is 0 Å². The molecule has 0 saturated carbocycles. The van der Waals surface area contributed by atoms with Gasteiger partial charge in [-0.1, -0.05) is 0 Å². The number of carbonyl (C=O) groups is 1. The molecule has 1 amide bonds. The Kier molecular flexibility index (Phi) is 4.20. The van der Waals surface area contributed by atoms with E-state index in [9.17, 15) is 4.79 Å². The summed E-state index contributed by atoms with van der Waals surface area (Å²) in [5.74, 6) is 0.859. The second kappa shape index (κ2) is 5.87. The van der Waals surface area contributed by atoms with E-state index in [2.05, 4.69) is 0 Å². The van der Waals surface area contributed by atoms with Crippen molar-refractivity contribution in [2.75, 3.05) is 26.3 Å². The first-order valence-electron chi connectivity index (χ1n) is 6.30. The third kappa shape index (κ3) is 3.23. The first kappa shape index (κ1) is 12.9. The lowest BCUT2D eigenvalue weighted by atomic mass is 10.2. The molecule has 1 saturated heterocycles. The van der Waals surface area contributed by atoms with Gasteiger partial charge in [0.1, 0.15) is 5.75 Å². The maximum Gasteiger partial charge on any atom is 0.254 e. The molecule has 1 aromatic rings. The van der Waals surface area contributed by atoms with Crippen molar-refractivity contribution in [3.63, 3.8) is 0 Å². The van der Waals surface area contributed by atoms with Crippen LogP contribution < -0.4 is 4.74 Å². The van der Waals surface area contributed by atoms with Gasteiger partial charge in [-0.3, -0.25) is 4.79 Å². The van der Waals surface area contributed by atoms with Gasteiger partial charge in [0.25, 0.3) is 5.91 Å². The van der Waals surface area contributed by atoms with Crippen molar-refractivity contribution in [1.29, 1.82) is 0 Å². The Morgan fingerprint density at radius 2 is 1.83 bits per heavy atom. The monoisotopic (exact) mass is 249 g/mol. The summed E-state index contributed by atoms with van der Waals surface area (Å²) in [4.78, 5) is 14.0. The van der Waals surface area contributed by atoms with Crippen molar-refractivity contribution in [3.8, 4) is 5.75 Å². The number of amides is 1. The SMILES string of the molecule is CC(C)Oc1ccc(C(=O)N2CCOCC2)cc1. The van der Waals surface area contributed by atoms with Crippen molar-refractivity contribution in [2.45, 2.75) is 20.0 Å². The molecule has 0 aliphatic carbocycles. The molecule has 1 fully saturated rings. The third-order valence-corrected chi connectivity index (χ3v) is 2.77. The number of hydrogen-bond donors (Lipinski definition) is 0. The van der Waals surface area contributed by atoms with Gasteiger partial charge in [0, 0.05) is 18.7 Å². The summed E-state index contributed by atoms with van der Waals surface area (Å²) in [5, 5.41) is 0. The van der Waals surface area contributed by atoms with Crippen LogP contribution in [0.1, 0.15) is 24.2 Å². The lowest BCUT2D eigenvalue weighted by molar-refractivity contribution is 0.0303. The van der Waals surface area contributed by atoms with Gasteiger partial charge in [0.2, 0.25) is 0 Å². The van der Waals surface area contributed by atoms with Gasteiger partial charge in [0.15, 0.2) is 0 Å². The Balaban J connectivity index is 2.02. The molecule has 2 rings (SSSR count). The van der Waals surface area contributed by atoms with E-state index in [0.717, 1.165) is 5.75 Å². The van der Waals surface area contributed by atoms with Crippen molar-refractivity contribution in [2.24, 2.45) is 0 Å². The zero-order valence-electron chi connectivity index (χ0n) is 10.9. The van der Waals surface area contributed by atoms with E-state index in [1.165, 1.54) is 0 Å². The van der Waals surface area contributed by atoms with Crippen LogP contribution in [0.2, 0.25) is 0 Å². The van der Waals surface area contributed by atoms with E-state index in [1.807, 2.05) is 43.0 Å². The Hall–Kier alpha value is -1.55. The predicted octanol–water partition coefficient (Wildman–Crippen LogP) is 1.95. The van der Waals surface area contributed by atoms with Gasteiger partial charge >= 0.3 is 0 Å². The Labute approximate surface area is 107 Å². The van der Waals surface area contributed by atoms with Crippen LogP contribution in [0.15, 0.2) is 24.3 Å². The van der Waals surface area contributed by atoms with Gasteiger partial charge in [0.05, 0.1) is 19.3 Å². The minimum atomic E-state index is 0.0643. The number of nitrogens with zero attached hydrogens (tertiary/aromatic N) is 1. The maximum atomic E-state index is 12.2. The van der Waals surface area contributed by atoms with E-state index in [-0.39, 0.29) is 12.0 Å². The molecule has 0 radical (unpaired) electrons. The first-order valence-corrected chi connectivity index (χ1v) is 6.30. The highest BCUT2D eigenvalue weighted by molar-refractivity contribution is 5.94. The molecule has 1 aromatic carbocycles. The summed E-state index contributed by atoms with van der Waals surface area (Å²) in [6.07, 6.45) is 0.144.